The monoisotopic (exact) mass is 169 g/mol. The Labute approximate surface area is 74.4 Å². The van der Waals surface area contributed by atoms with Crippen LogP contribution < -0.4 is 5.32 Å². The van der Waals surface area contributed by atoms with Gasteiger partial charge < -0.3 is 10.4 Å². The fourth-order valence-electron chi connectivity index (χ4n) is 1.99. The molecule has 0 spiro atoms. The van der Waals surface area contributed by atoms with Crippen LogP contribution in [0.1, 0.15) is 38.5 Å². The molecule has 2 atom stereocenters. The molecule has 70 valence electrons. The Morgan fingerprint density at radius 3 is 2.50 bits per heavy atom. The summed E-state index contributed by atoms with van der Waals surface area (Å²) >= 11 is 0. The van der Waals surface area contributed by atoms with Crippen LogP contribution in [0.4, 0.5) is 0 Å². The van der Waals surface area contributed by atoms with Crippen LogP contribution in [0.25, 0.3) is 0 Å². The van der Waals surface area contributed by atoms with E-state index in [2.05, 4.69) is 5.32 Å². The lowest BCUT2D eigenvalue weighted by Crippen LogP contribution is -2.42. The maximum atomic E-state index is 9.64. The van der Waals surface area contributed by atoms with Crippen LogP contribution in [0, 0.1) is 5.92 Å². The van der Waals surface area contributed by atoms with Crippen molar-refractivity contribution in [3.05, 3.63) is 0 Å². The highest BCUT2D eigenvalue weighted by molar-refractivity contribution is 4.83. The van der Waals surface area contributed by atoms with Crippen molar-refractivity contribution in [3.8, 4) is 0 Å². The number of nitrogens with one attached hydrogen (secondary N) is 1. The van der Waals surface area contributed by atoms with Gasteiger partial charge in [0.1, 0.15) is 0 Å². The molecule has 2 heteroatoms. The summed E-state index contributed by atoms with van der Waals surface area (Å²) in [5.41, 5.74) is 0. The Bertz CT molecular complexity index is 145. The molecule has 2 N–H and O–H groups in total. The zero-order valence-electron chi connectivity index (χ0n) is 7.63. The quantitative estimate of drug-likeness (QED) is 0.667. The SMILES string of the molecule is OC1CCCC[C@@H]1NCC1CC1. The minimum Gasteiger partial charge on any atom is -0.392 e. The van der Waals surface area contributed by atoms with Crippen LogP contribution in [0.3, 0.4) is 0 Å². The lowest BCUT2D eigenvalue weighted by atomic mass is 9.92. The maximum absolute atomic E-state index is 9.64. The zero-order valence-corrected chi connectivity index (χ0v) is 7.63. The summed E-state index contributed by atoms with van der Waals surface area (Å²) in [5.74, 6) is 0.930. The highest BCUT2D eigenvalue weighted by atomic mass is 16.3. The van der Waals surface area contributed by atoms with Crippen molar-refractivity contribution < 1.29 is 5.11 Å². The van der Waals surface area contributed by atoms with Crippen molar-refractivity contribution in [3.63, 3.8) is 0 Å². The largest absolute Gasteiger partial charge is 0.392 e. The molecule has 0 bridgehead atoms. The van der Waals surface area contributed by atoms with Crippen LogP contribution in [0.15, 0.2) is 0 Å². The molecule has 0 aliphatic heterocycles. The third kappa shape index (κ3) is 2.20. The van der Waals surface area contributed by atoms with Crippen molar-refractivity contribution in [1.29, 1.82) is 0 Å². The van der Waals surface area contributed by atoms with Crippen molar-refractivity contribution in [2.45, 2.75) is 50.7 Å². The van der Waals surface area contributed by atoms with Gasteiger partial charge in [-0.2, -0.15) is 0 Å². The van der Waals surface area contributed by atoms with E-state index >= 15 is 0 Å². The Hall–Kier alpha value is -0.0800. The Morgan fingerprint density at radius 2 is 1.83 bits per heavy atom. The molecule has 2 rings (SSSR count). The smallest absolute Gasteiger partial charge is 0.0693 e. The number of hydrogen-bond acceptors (Lipinski definition) is 2. The summed E-state index contributed by atoms with van der Waals surface area (Å²) in [6, 6.07) is 0.402. The molecule has 0 aromatic rings. The topological polar surface area (TPSA) is 32.3 Å². The number of aliphatic hydroxyl groups is 1. The summed E-state index contributed by atoms with van der Waals surface area (Å²) in [5, 5.41) is 13.1. The van der Waals surface area contributed by atoms with Crippen LogP contribution in [-0.4, -0.2) is 23.8 Å². The van der Waals surface area contributed by atoms with Crippen molar-refractivity contribution in [2.24, 2.45) is 5.92 Å². The Balaban J connectivity index is 1.68. The summed E-state index contributed by atoms with van der Waals surface area (Å²) < 4.78 is 0. The molecule has 0 heterocycles. The van der Waals surface area contributed by atoms with Gasteiger partial charge in [0.05, 0.1) is 6.10 Å². The molecule has 0 aromatic carbocycles. The van der Waals surface area contributed by atoms with Gasteiger partial charge in [0.25, 0.3) is 0 Å². The Morgan fingerprint density at radius 1 is 1.08 bits per heavy atom. The molecule has 2 aliphatic rings. The van der Waals surface area contributed by atoms with Crippen LogP contribution in [0.5, 0.6) is 0 Å². The first kappa shape index (κ1) is 8.52. The standard InChI is InChI=1S/C10H19NO/c12-10-4-2-1-3-9(10)11-7-8-5-6-8/h8-12H,1-7H2/t9-,10?/m0/s1. The van der Waals surface area contributed by atoms with Gasteiger partial charge in [-0.3, -0.25) is 0 Å². The van der Waals surface area contributed by atoms with Crippen LogP contribution in [0.2, 0.25) is 0 Å². The van der Waals surface area contributed by atoms with E-state index in [-0.39, 0.29) is 6.10 Å². The van der Waals surface area contributed by atoms with Crippen molar-refractivity contribution >= 4 is 0 Å². The van der Waals surface area contributed by atoms with Gasteiger partial charge in [-0.15, -0.1) is 0 Å². The number of rotatable bonds is 3. The van der Waals surface area contributed by atoms with Gasteiger partial charge in [0, 0.05) is 6.04 Å². The summed E-state index contributed by atoms with van der Waals surface area (Å²) in [6.07, 6.45) is 7.40. The minimum atomic E-state index is -0.0718. The lowest BCUT2D eigenvalue weighted by Gasteiger charge is -2.28. The summed E-state index contributed by atoms with van der Waals surface area (Å²) in [6.45, 7) is 1.14. The highest BCUT2D eigenvalue weighted by Crippen LogP contribution is 2.28. The summed E-state index contributed by atoms with van der Waals surface area (Å²) in [7, 11) is 0. The molecule has 2 fully saturated rings. The maximum Gasteiger partial charge on any atom is 0.0693 e. The normalized spacial score (nSPS) is 36.8. The molecule has 0 saturated heterocycles. The molecule has 0 aromatic heterocycles. The van der Waals surface area contributed by atoms with Gasteiger partial charge in [-0.1, -0.05) is 12.8 Å². The third-order valence-corrected chi connectivity index (χ3v) is 3.10. The minimum absolute atomic E-state index is 0.0718. The Kier molecular flexibility index (Phi) is 2.66. The zero-order chi connectivity index (χ0) is 8.39. The second kappa shape index (κ2) is 3.75. The number of hydrogen-bond donors (Lipinski definition) is 2. The van der Waals surface area contributed by atoms with E-state index in [1.54, 1.807) is 0 Å². The second-order valence-corrected chi connectivity index (χ2v) is 4.31. The van der Waals surface area contributed by atoms with Gasteiger partial charge in [0.15, 0.2) is 0 Å². The third-order valence-electron chi connectivity index (χ3n) is 3.10. The molecule has 2 nitrogen and oxygen atoms in total. The van der Waals surface area contributed by atoms with E-state index < -0.39 is 0 Å². The van der Waals surface area contributed by atoms with Crippen LogP contribution in [-0.2, 0) is 0 Å². The van der Waals surface area contributed by atoms with Gasteiger partial charge in [-0.05, 0) is 38.1 Å². The van der Waals surface area contributed by atoms with Crippen LogP contribution >= 0.6 is 0 Å². The molecular formula is C10H19NO. The molecule has 2 saturated carbocycles. The number of aliphatic hydroxyl groups excluding tert-OH is 1. The van der Waals surface area contributed by atoms with E-state index in [0.29, 0.717) is 6.04 Å². The predicted molar refractivity (Wildman–Crippen MR) is 49.0 cm³/mol. The van der Waals surface area contributed by atoms with E-state index in [1.807, 2.05) is 0 Å². The van der Waals surface area contributed by atoms with Crippen molar-refractivity contribution in [2.75, 3.05) is 6.54 Å². The molecule has 0 radical (unpaired) electrons. The fraction of sp³-hybridized carbons (Fsp3) is 1.00. The van der Waals surface area contributed by atoms with Gasteiger partial charge in [-0.25, -0.2) is 0 Å². The van der Waals surface area contributed by atoms with E-state index in [1.165, 1.54) is 32.1 Å². The van der Waals surface area contributed by atoms with Crippen molar-refractivity contribution in [1.82, 2.24) is 5.32 Å². The van der Waals surface area contributed by atoms with E-state index in [4.69, 9.17) is 0 Å². The lowest BCUT2D eigenvalue weighted by molar-refractivity contribution is 0.0906. The molecule has 0 amide bonds. The molecule has 2 aliphatic carbocycles. The fourth-order valence-corrected chi connectivity index (χ4v) is 1.99. The van der Waals surface area contributed by atoms with Gasteiger partial charge >= 0.3 is 0 Å². The molecule has 1 unspecified atom stereocenters. The van der Waals surface area contributed by atoms with E-state index in [0.717, 1.165) is 18.9 Å². The molecular weight excluding hydrogens is 150 g/mol. The average molecular weight is 169 g/mol. The van der Waals surface area contributed by atoms with Gasteiger partial charge in [0.2, 0.25) is 0 Å². The predicted octanol–water partition coefficient (Wildman–Crippen LogP) is 1.29. The highest BCUT2D eigenvalue weighted by Gasteiger charge is 2.26. The average Bonchev–Trinajstić information content (AvgIpc) is 2.86. The van der Waals surface area contributed by atoms with E-state index in [9.17, 15) is 5.11 Å². The summed E-state index contributed by atoms with van der Waals surface area (Å²) in [4.78, 5) is 0. The first-order valence-corrected chi connectivity index (χ1v) is 5.28. The molecule has 12 heavy (non-hydrogen) atoms. The first-order valence-electron chi connectivity index (χ1n) is 5.28. The second-order valence-electron chi connectivity index (χ2n) is 4.31. The first-order chi connectivity index (χ1) is 5.86.